The Kier molecular flexibility index (Phi) is 1.90. The van der Waals surface area contributed by atoms with Gasteiger partial charge in [-0.05, 0) is 20.8 Å². The number of hydrogen-bond donors (Lipinski definition) is 0. The van der Waals surface area contributed by atoms with Crippen molar-refractivity contribution in [2.45, 2.75) is 38.7 Å². The van der Waals surface area contributed by atoms with Crippen LogP contribution in [0, 0.1) is 0 Å². The van der Waals surface area contributed by atoms with Crippen LogP contribution in [0.4, 0.5) is 0 Å². The van der Waals surface area contributed by atoms with E-state index in [1.165, 1.54) is 0 Å². The van der Waals surface area contributed by atoms with E-state index in [0.717, 1.165) is 19.7 Å². The van der Waals surface area contributed by atoms with Gasteiger partial charge in [-0.1, -0.05) is 0 Å². The second-order valence-electron chi connectivity index (χ2n) is 4.60. The molecule has 0 aliphatic carbocycles. The number of morpholine rings is 1. The third-order valence-corrected chi connectivity index (χ3v) is 2.55. The van der Waals surface area contributed by atoms with Gasteiger partial charge in [0.25, 0.3) is 0 Å². The molecule has 70 valence electrons. The van der Waals surface area contributed by atoms with Crippen LogP contribution in [0.2, 0.25) is 0 Å². The Hall–Kier alpha value is -0.120. The number of nitrogens with zero attached hydrogens (tertiary/aromatic N) is 1. The maximum Gasteiger partial charge on any atom is 0.170 e. The van der Waals surface area contributed by atoms with Crippen molar-refractivity contribution in [3.63, 3.8) is 0 Å². The minimum atomic E-state index is 0.0305. The highest BCUT2D eigenvalue weighted by Crippen LogP contribution is 2.25. The minimum absolute atomic E-state index is 0.0305. The molecular formula is C9H17NO2. The predicted octanol–water partition coefficient (Wildman–Crippen LogP) is 0.842. The van der Waals surface area contributed by atoms with Crippen LogP contribution < -0.4 is 0 Å². The van der Waals surface area contributed by atoms with Crippen LogP contribution in [0.3, 0.4) is 0 Å². The summed E-state index contributed by atoms with van der Waals surface area (Å²) in [6.45, 7) is 9.41. The van der Waals surface area contributed by atoms with Gasteiger partial charge in [0.15, 0.2) is 6.29 Å². The topological polar surface area (TPSA) is 21.7 Å². The molecule has 3 heteroatoms. The third-order valence-electron chi connectivity index (χ3n) is 2.55. The van der Waals surface area contributed by atoms with Gasteiger partial charge in [0.05, 0.1) is 19.3 Å². The Morgan fingerprint density at radius 1 is 1.25 bits per heavy atom. The molecule has 2 aliphatic heterocycles. The molecule has 12 heavy (non-hydrogen) atoms. The Morgan fingerprint density at radius 2 is 2.00 bits per heavy atom. The second-order valence-corrected chi connectivity index (χ2v) is 4.60. The minimum Gasteiger partial charge on any atom is -0.349 e. The molecule has 2 unspecified atom stereocenters. The summed E-state index contributed by atoms with van der Waals surface area (Å²) in [6, 6.07) is 0. The highest BCUT2D eigenvalue weighted by atomic mass is 16.7. The van der Waals surface area contributed by atoms with Gasteiger partial charge in [0.2, 0.25) is 0 Å². The van der Waals surface area contributed by atoms with E-state index in [2.05, 4.69) is 25.7 Å². The van der Waals surface area contributed by atoms with Gasteiger partial charge in [-0.3, -0.25) is 4.90 Å². The van der Waals surface area contributed by atoms with Crippen LogP contribution in [0.15, 0.2) is 0 Å². The SMILES string of the molecule is CC(C)(C)N1CC2COC(C1)O2. The first-order valence-corrected chi connectivity index (χ1v) is 4.58. The smallest absolute Gasteiger partial charge is 0.170 e. The molecule has 0 aromatic heterocycles. The van der Waals surface area contributed by atoms with E-state index in [9.17, 15) is 0 Å². The van der Waals surface area contributed by atoms with Crippen molar-refractivity contribution in [2.75, 3.05) is 19.7 Å². The van der Waals surface area contributed by atoms with Crippen LogP contribution in [0.1, 0.15) is 20.8 Å². The molecule has 2 fully saturated rings. The fourth-order valence-electron chi connectivity index (χ4n) is 1.75. The maximum atomic E-state index is 5.56. The highest BCUT2D eigenvalue weighted by Gasteiger charge is 2.38. The summed E-state index contributed by atoms with van der Waals surface area (Å²) in [6.07, 6.45) is 0.339. The van der Waals surface area contributed by atoms with Crippen LogP contribution in [-0.2, 0) is 9.47 Å². The van der Waals surface area contributed by atoms with Gasteiger partial charge in [-0.15, -0.1) is 0 Å². The van der Waals surface area contributed by atoms with Crippen molar-refractivity contribution in [1.29, 1.82) is 0 Å². The molecular weight excluding hydrogens is 154 g/mol. The standard InChI is InChI=1S/C9H17NO2/c1-9(2,3)10-4-7-6-11-8(5-10)12-7/h7-8H,4-6H2,1-3H3. The normalized spacial score (nSPS) is 37.2. The summed E-state index contributed by atoms with van der Waals surface area (Å²) < 4.78 is 11.0. The average Bonchev–Trinajstić information content (AvgIpc) is 2.28. The molecule has 0 aromatic rings. The predicted molar refractivity (Wildman–Crippen MR) is 45.9 cm³/mol. The molecule has 0 saturated carbocycles. The first-order valence-electron chi connectivity index (χ1n) is 4.58. The molecule has 0 N–H and O–H groups in total. The lowest BCUT2D eigenvalue weighted by Crippen LogP contribution is -2.52. The van der Waals surface area contributed by atoms with E-state index in [0.29, 0.717) is 6.10 Å². The van der Waals surface area contributed by atoms with Crippen molar-refractivity contribution in [2.24, 2.45) is 0 Å². The van der Waals surface area contributed by atoms with E-state index in [4.69, 9.17) is 9.47 Å². The summed E-state index contributed by atoms with van der Waals surface area (Å²) in [7, 11) is 0. The maximum absolute atomic E-state index is 5.56. The first-order chi connectivity index (χ1) is 5.55. The average molecular weight is 171 g/mol. The number of rotatable bonds is 0. The number of hydrogen-bond acceptors (Lipinski definition) is 3. The molecule has 2 atom stereocenters. The summed E-state index contributed by atoms with van der Waals surface area (Å²) >= 11 is 0. The van der Waals surface area contributed by atoms with Gasteiger partial charge >= 0.3 is 0 Å². The van der Waals surface area contributed by atoms with Crippen LogP contribution in [-0.4, -0.2) is 42.5 Å². The Balaban J connectivity index is 2.03. The van der Waals surface area contributed by atoms with Crippen molar-refractivity contribution in [1.82, 2.24) is 4.90 Å². The Bertz CT molecular complexity index is 164. The molecule has 0 aromatic carbocycles. The fraction of sp³-hybridized carbons (Fsp3) is 1.00. The fourth-order valence-corrected chi connectivity index (χ4v) is 1.75. The van der Waals surface area contributed by atoms with Gasteiger partial charge in [0, 0.05) is 12.1 Å². The Labute approximate surface area is 73.6 Å². The lowest BCUT2D eigenvalue weighted by molar-refractivity contribution is -0.125. The van der Waals surface area contributed by atoms with Gasteiger partial charge in [-0.2, -0.15) is 0 Å². The lowest BCUT2D eigenvalue weighted by Gasteiger charge is -2.40. The highest BCUT2D eigenvalue weighted by molar-refractivity contribution is 4.86. The molecule has 0 radical (unpaired) electrons. The monoisotopic (exact) mass is 171 g/mol. The van der Waals surface area contributed by atoms with Crippen molar-refractivity contribution in [3.05, 3.63) is 0 Å². The van der Waals surface area contributed by atoms with Crippen LogP contribution >= 0.6 is 0 Å². The summed E-state index contributed by atoms with van der Waals surface area (Å²) in [5, 5.41) is 0. The van der Waals surface area contributed by atoms with Gasteiger partial charge in [0.1, 0.15) is 0 Å². The van der Waals surface area contributed by atoms with E-state index >= 15 is 0 Å². The molecule has 3 nitrogen and oxygen atoms in total. The van der Waals surface area contributed by atoms with Crippen LogP contribution in [0.25, 0.3) is 0 Å². The zero-order valence-corrected chi connectivity index (χ0v) is 8.04. The quantitative estimate of drug-likeness (QED) is 0.539. The van der Waals surface area contributed by atoms with E-state index < -0.39 is 0 Å². The van der Waals surface area contributed by atoms with E-state index in [-0.39, 0.29) is 11.8 Å². The lowest BCUT2D eigenvalue weighted by atomic mass is 10.0. The molecule has 2 saturated heterocycles. The summed E-state index contributed by atoms with van der Waals surface area (Å²) in [5.41, 5.74) is 0.244. The van der Waals surface area contributed by atoms with Crippen molar-refractivity contribution >= 4 is 0 Å². The number of ether oxygens (including phenoxy) is 2. The van der Waals surface area contributed by atoms with E-state index in [1.54, 1.807) is 0 Å². The second kappa shape index (κ2) is 2.69. The zero-order valence-electron chi connectivity index (χ0n) is 8.04. The van der Waals surface area contributed by atoms with Crippen molar-refractivity contribution < 1.29 is 9.47 Å². The summed E-state index contributed by atoms with van der Waals surface area (Å²) in [4.78, 5) is 2.43. The molecule has 2 aliphatic rings. The molecule has 2 bridgehead atoms. The molecule has 2 rings (SSSR count). The molecule has 0 amide bonds. The van der Waals surface area contributed by atoms with Crippen LogP contribution in [0.5, 0.6) is 0 Å². The van der Waals surface area contributed by atoms with Gasteiger partial charge < -0.3 is 9.47 Å². The number of fused-ring (bicyclic) bond motifs is 2. The Morgan fingerprint density at radius 3 is 2.58 bits per heavy atom. The molecule has 0 spiro atoms. The van der Waals surface area contributed by atoms with Gasteiger partial charge in [-0.25, -0.2) is 0 Å². The third kappa shape index (κ3) is 1.49. The summed E-state index contributed by atoms with van der Waals surface area (Å²) in [5.74, 6) is 0. The first kappa shape index (κ1) is 8.48. The molecule has 2 heterocycles. The zero-order chi connectivity index (χ0) is 8.77. The van der Waals surface area contributed by atoms with Crippen molar-refractivity contribution in [3.8, 4) is 0 Å². The van der Waals surface area contributed by atoms with E-state index in [1.807, 2.05) is 0 Å². The largest absolute Gasteiger partial charge is 0.349 e.